The van der Waals surface area contributed by atoms with E-state index in [1.54, 1.807) is 0 Å². The lowest BCUT2D eigenvalue weighted by Gasteiger charge is -2.18. The summed E-state index contributed by atoms with van der Waals surface area (Å²) in [6.45, 7) is 1.39. The number of amides is 1. The molecule has 0 aliphatic carbocycles. The SMILES string of the molecule is Nc1cccc2c1CCN2C(=O)c1ccc2c(c1)CCO2. The van der Waals surface area contributed by atoms with Crippen molar-refractivity contribution in [2.75, 3.05) is 23.8 Å². The number of nitrogen functional groups attached to an aromatic ring is 1. The summed E-state index contributed by atoms with van der Waals surface area (Å²) in [5.41, 5.74) is 10.6. The lowest BCUT2D eigenvalue weighted by Crippen LogP contribution is -2.28. The number of ether oxygens (including phenoxy) is 1. The third-order valence-corrected chi connectivity index (χ3v) is 4.25. The van der Waals surface area contributed by atoms with Crippen LogP contribution in [-0.4, -0.2) is 19.1 Å². The lowest BCUT2D eigenvalue weighted by atomic mass is 10.1. The van der Waals surface area contributed by atoms with E-state index in [9.17, 15) is 4.79 Å². The van der Waals surface area contributed by atoms with Gasteiger partial charge in [0.25, 0.3) is 5.91 Å². The number of hydrogen-bond acceptors (Lipinski definition) is 3. The minimum atomic E-state index is 0.0362. The van der Waals surface area contributed by atoms with Crippen molar-refractivity contribution in [1.29, 1.82) is 0 Å². The first-order chi connectivity index (χ1) is 10.2. The van der Waals surface area contributed by atoms with E-state index >= 15 is 0 Å². The fourth-order valence-electron chi connectivity index (χ4n) is 3.15. The van der Waals surface area contributed by atoms with E-state index in [4.69, 9.17) is 10.5 Å². The lowest BCUT2D eigenvalue weighted by molar-refractivity contribution is 0.0989. The highest BCUT2D eigenvalue weighted by Gasteiger charge is 2.27. The molecule has 4 rings (SSSR count). The van der Waals surface area contributed by atoms with Crippen molar-refractivity contribution in [3.63, 3.8) is 0 Å². The Morgan fingerprint density at radius 2 is 2.10 bits per heavy atom. The van der Waals surface area contributed by atoms with Gasteiger partial charge in [-0.3, -0.25) is 4.79 Å². The van der Waals surface area contributed by atoms with E-state index in [2.05, 4.69) is 0 Å². The maximum absolute atomic E-state index is 12.8. The number of hydrogen-bond donors (Lipinski definition) is 1. The molecule has 2 N–H and O–H groups in total. The van der Waals surface area contributed by atoms with Gasteiger partial charge in [-0.1, -0.05) is 6.07 Å². The minimum absolute atomic E-state index is 0.0362. The van der Waals surface area contributed by atoms with Crippen LogP contribution < -0.4 is 15.4 Å². The van der Waals surface area contributed by atoms with Gasteiger partial charge in [0.15, 0.2) is 0 Å². The number of rotatable bonds is 1. The molecule has 2 aromatic carbocycles. The maximum atomic E-state index is 12.8. The average molecular weight is 280 g/mol. The number of carbonyl (C=O) groups excluding carboxylic acids is 1. The van der Waals surface area contributed by atoms with Gasteiger partial charge < -0.3 is 15.4 Å². The second-order valence-electron chi connectivity index (χ2n) is 5.47. The first kappa shape index (κ1) is 12.3. The fraction of sp³-hybridized carbons (Fsp3) is 0.235. The fourth-order valence-corrected chi connectivity index (χ4v) is 3.15. The number of nitrogens with two attached hydrogens (primary N) is 1. The molecule has 0 radical (unpaired) electrons. The molecule has 4 heteroatoms. The Morgan fingerprint density at radius 1 is 1.19 bits per heavy atom. The van der Waals surface area contributed by atoms with Gasteiger partial charge in [-0.05, 0) is 42.3 Å². The maximum Gasteiger partial charge on any atom is 0.258 e. The smallest absolute Gasteiger partial charge is 0.258 e. The van der Waals surface area contributed by atoms with Gasteiger partial charge >= 0.3 is 0 Å². The predicted molar refractivity (Wildman–Crippen MR) is 81.9 cm³/mol. The second kappa shape index (κ2) is 4.52. The van der Waals surface area contributed by atoms with E-state index in [0.717, 1.165) is 46.7 Å². The van der Waals surface area contributed by atoms with Gasteiger partial charge in [0.2, 0.25) is 0 Å². The predicted octanol–water partition coefficient (Wildman–Crippen LogP) is 2.41. The Hall–Kier alpha value is -2.49. The highest BCUT2D eigenvalue weighted by atomic mass is 16.5. The van der Waals surface area contributed by atoms with E-state index < -0.39 is 0 Å². The molecule has 4 nitrogen and oxygen atoms in total. The third kappa shape index (κ3) is 1.87. The molecule has 2 aromatic rings. The highest BCUT2D eigenvalue weighted by molar-refractivity contribution is 6.08. The van der Waals surface area contributed by atoms with Crippen molar-refractivity contribution in [2.45, 2.75) is 12.8 Å². The molecule has 0 atom stereocenters. The van der Waals surface area contributed by atoms with Crippen LogP contribution in [-0.2, 0) is 12.8 Å². The van der Waals surface area contributed by atoms with Gasteiger partial charge in [0, 0.05) is 35.5 Å². The van der Waals surface area contributed by atoms with Crippen molar-refractivity contribution in [1.82, 2.24) is 0 Å². The molecule has 0 unspecified atom stereocenters. The molecular weight excluding hydrogens is 264 g/mol. The minimum Gasteiger partial charge on any atom is -0.493 e. The molecule has 1 amide bonds. The van der Waals surface area contributed by atoms with E-state index in [1.807, 2.05) is 41.3 Å². The average Bonchev–Trinajstić information content (AvgIpc) is 3.13. The molecule has 2 aliphatic heterocycles. The van der Waals surface area contributed by atoms with Gasteiger partial charge in [-0.25, -0.2) is 0 Å². The summed E-state index contributed by atoms with van der Waals surface area (Å²) in [7, 11) is 0. The molecule has 0 saturated heterocycles. The molecule has 2 aliphatic rings. The molecule has 2 heterocycles. The molecule has 0 saturated carbocycles. The second-order valence-corrected chi connectivity index (χ2v) is 5.47. The Bertz CT molecular complexity index is 740. The third-order valence-electron chi connectivity index (χ3n) is 4.25. The van der Waals surface area contributed by atoms with Crippen LogP contribution in [0.15, 0.2) is 36.4 Å². The summed E-state index contributed by atoms with van der Waals surface area (Å²) in [6, 6.07) is 11.4. The summed E-state index contributed by atoms with van der Waals surface area (Å²) in [6.07, 6.45) is 1.70. The molecule has 106 valence electrons. The summed E-state index contributed by atoms with van der Waals surface area (Å²) >= 11 is 0. The number of fused-ring (bicyclic) bond motifs is 2. The summed E-state index contributed by atoms with van der Waals surface area (Å²) in [4.78, 5) is 14.6. The molecule has 0 bridgehead atoms. The van der Waals surface area contributed by atoms with Crippen LogP contribution >= 0.6 is 0 Å². The van der Waals surface area contributed by atoms with Crippen LogP contribution in [0, 0.1) is 0 Å². The van der Waals surface area contributed by atoms with Crippen molar-refractivity contribution in [3.8, 4) is 5.75 Å². The molecule has 21 heavy (non-hydrogen) atoms. The highest BCUT2D eigenvalue weighted by Crippen LogP contribution is 2.34. The number of nitrogens with zero attached hydrogens (tertiary/aromatic N) is 1. The zero-order valence-electron chi connectivity index (χ0n) is 11.6. The Labute approximate surface area is 123 Å². The van der Waals surface area contributed by atoms with Crippen molar-refractivity contribution in [3.05, 3.63) is 53.1 Å². The van der Waals surface area contributed by atoms with Crippen LogP contribution in [0.4, 0.5) is 11.4 Å². The van der Waals surface area contributed by atoms with Crippen LogP contribution in [0.3, 0.4) is 0 Å². The van der Waals surface area contributed by atoms with Crippen LogP contribution in [0.25, 0.3) is 0 Å². The number of carbonyl (C=O) groups is 1. The molecule has 0 spiro atoms. The zero-order valence-corrected chi connectivity index (χ0v) is 11.6. The first-order valence-electron chi connectivity index (χ1n) is 7.19. The van der Waals surface area contributed by atoms with Gasteiger partial charge in [-0.2, -0.15) is 0 Å². The molecule has 0 fully saturated rings. The van der Waals surface area contributed by atoms with Crippen molar-refractivity contribution >= 4 is 17.3 Å². The van der Waals surface area contributed by atoms with Crippen molar-refractivity contribution < 1.29 is 9.53 Å². The Morgan fingerprint density at radius 3 is 3.00 bits per heavy atom. The summed E-state index contributed by atoms with van der Waals surface area (Å²) < 4.78 is 5.49. The van der Waals surface area contributed by atoms with Gasteiger partial charge in [0.1, 0.15) is 5.75 Å². The van der Waals surface area contributed by atoms with Crippen LogP contribution in [0.2, 0.25) is 0 Å². The van der Waals surface area contributed by atoms with E-state index in [1.165, 1.54) is 0 Å². The summed E-state index contributed by atoms with van der Waals surface area (Å²) in [5, 5.41) is 0. The largest absolute Gasteiger partial charge is 0.493 e. The van der Waals surface area contributed by atoms with E-state index in [0.29, 0.717) is 13.2 Å². The first-order valence-corrected chi connectivity index (χ1v) is 7.19. The normalized spacial score (nSPS) is 15.5. The van der Waals surface area contributed by atoms with E-state index in [-0.39, 0.29) is 5.91 Å². The molecule has 0 aromatic heterocycles. The number of benzene rings is 2. The standard InChI is InChI=1S/C17H16N2O2/c18-14-2-1-3-15-13(14)6-8-19(15)17(20)12-4-5-16-11(10-12)7-9-21-16/h1-5,10H,6-9,18H2. The van der Waals surface area contributed by atoms with Crippen LogP contribution in [0.5, 0.6) is 5.75 Å². The quantitative estimate of drug-likeness (QED) is 0.816. The topological polar surface area (TPSA) is 55.6 Å². The summed E-state index contributed by atoms with van der Waals surface area (Å²) in [5.74, 6) is 0.937. The monoisotopic (exact) mass is 280 g/mol. The van der Waals surface area contributed by atoms with Crippen molar-refractivity contribution in [2.24, 2.45) is 0 Å². The Balaban J connectivity index is 1.70. The zero-order chi connectivity index (χ0) is 14.4. The Kier molecular flexibility index (Phi) is 2.64. The van der Waals surface area contributed by atoms with Crippen LogP contribution in [0.1, 0.15) is 21.5 Å². The molecular formula is C17H16N2O2. The number of anilines is 2. The van der Waals surface area contributed by atoms with Gasteiger partial charge in [-0.15, -0.1) is 0 Å². The van der Waals surface area contributed by atoms with Gasteiger partial charge in [0.05, 0.1) is 6.61 Å².